The number of halogens is 3. The largest absolute Gasteiger partial charge is 0.416 e. The topological polar surface area (TPSA) is 66.5 Å². The van der Waals surface area contributed by atoms with Crippen LogP contribution in [0.4, 0.5) is 18.9 Å². The van der Waals surface area contributed by atoms with E-state index in [2.05, 4.69) is 5.32 Å². The van der Waals surface area contributed by atoms with Gasteiger partial charge in [0, 0.05) is 6.54 Å². The Labute approximate surface area is 162 Å². The molecule has 0 saturated heterocycles. The lowest BCUT2D eigenvalue weighted by atomic mass is 10.1. The highest BCUT2D eigenvalue weighted by molar-refractivity contribution is 7.92. The number of carbonyl (C=O) groups excluding carboxylic acids is 1. The maximum atomic E-state index is 12.8. The molecule has 0 radical (unpaired) electrons. The van der Waals surface area contributed by atoms with Crippen LogP contribution in [0.15, 0.2) is 42.5 Å². The molecule has 0 fully saturated rings. The van der Waals surface area contributed by atoms with E-state index in [0.717, 1.165) is 33.8 Å². The van der Waals surface area contributed by atoms with Gasteiger partial charge in [-0.1, -0.05) is 18.2 Å². The van der Waals surface area contributed by atoms with E-state index in [1.165, 1.54) is 12.1 Å². The van der Waals surface area contributed by atoms with Gasteiger partial charge in [0.1, 0.15) is 6.54 Å². The smallest absolute Gasteiger partial charge is 0.350 e. The summed E-state index contributed by atoms with van der Waals surface area (Å²) in [5.41, 5.74) is 1.65. The Morgan fingerprint density at radius 1 is 1.07 bits per heavy atom. The third-order valence-corrected chi connectivity index (χ3v) is 5.35. The van der Waals surface area contributed by atoms with Crippen LogP contribution < -0.4 is 9.62 Å². The standard InChI is InChI=1S/C19H21F3N2O3S/c1-13-7-8-17(9-14(13)2)24(28(3,26)27)12-18(25)23-11-15-5-4-6-16(10-15)19(20,21)22/h4-10H,11-12H2,1-3H3,(H,23,25). The molecule has 0 aliphatic carbocycles. The van der Waals surface area contributed by atoms with E-state index in [9.17, 15) is 26.4 Å². The minimum atomic E-state index is -4.48. The van der Waals surface area contributed by atoms with Gasteiger partial charge in [-0.05, 0) is 54.8 Å². The Morgan fingerprint density at radius 2 is 1.75 bits per heavy atom. The molecule has 0 aliphatic heterocycles. The molecule has 1 N–H and O–H groups in total. The summed E-state index contributed by atoms with van der Waals surface area (Å²) < 4.78 is 63.5. The van der Waals surface area contributed by atoms with Gasteiger partial charge in [-0.2, -0.15) is 13.2 Å². The van der Waals surface area contributed by atoms with Crippen molar-refractivity contribution >= 4 is 21.6 Å². The molecule has 2 aromatic rings. The second kappa shape index (κ2) is 8.22. The molecule has 2 rings (SSSR count). The number of carbonyl (C=O) groups is 1. The highest BCUT2D eigenvalue weighted by atomic mass is 32.2. The van der Waals surface area contributed by atoms with Crippen molar-refractivity contribution in [3.05, 3.63) is 64.7 Å². The molecule has 0 unspecified atom stereocenters. The zero-order valence-electron chi connectivity index (χ0n) is 15.7. The molecular weight excluding hydrogens is 393 g/mol. The van der Waals surface area contributed by atoms with Crippen molar-refractivity contribution in [2.75, 3.05) is 17.1 Å². The number of benzene rings is 2. The van der Waals surface area contributed by atoms with Crippen LogP contribution in [0.5, 0.6) is 0 Å². The van der Waals surface area contributed by atoms with Gasteiger partial charge in [0.05, 0.1) is 17.5 Å². The molecule has 28 heavy (non-hydrogen) atoms. The molecule has 0 atom stereocenters. The first-order valence-corrected chi connectivity index (χ1v) is 10.2. The molecule has 2 aromatic carbocycles. The van der Waals surface area contributed by atoms with E-state index in [1.807, 2.05) is 13.8 Å². The van der Waals surface area contributed by atoms with Crippen molar-refractivity contribution in [3.63, 3.8) is 0 Å². The highest BCUT2D eigenvalue weighted by Crippen LogP contribution is 2.29. The van der Waals surface area contributed by atoms with Crippen LogP contribution >= 0.6 is 0 Å². The van der Waals surface area contributed by atoms with Crippen molar-refractivity contribution in [2.24, 2.45) is 0 Å². The first-order chi connectivity index (χ1) is 12.9. The van der Waals surface area contributed by atoms with E-state index in [1.54, 1.807) is 18.2 Å². The molecule has 9 heteroatoms. The van der Waals surface area contributed by atoms with Crippen LogP contribution in [0, 0.1) is 13.8 Å². The van der Waals surface area contributed by atoms with Gasteiger partial charge in [0.15, 0.2) is 0 Å². The van der Waals surface area contributed by atoms with Gasteiger partial charge in [-0.3, -0.25) is 9.10 Å². The molecule has 1 amide bonds. The van der Waals surface area contributed by atoms with Crippen LogP contribution in [0.25, 0.3) is 0 Å². The van der Waals surface area contributed by atoms with E-state index >= 15 is 0 Å². The quantitative estimate of drug-likeness (QED) is 0.788. The van der Waals surface area contributed by atoms with Crippen molar-refractivity contribution in [1.29, 1.82) is 0 Å². The summed E-state index contributed by atoms with van der Waals surface area (Å²) >= 11 is 0. The summed E-state index contributed by atoms with van der Waals surface area (Å²) in [5.74, 6) is -0.624. The van der Waals surface area contributed by atoms with Crippen molar-refractivity contribution < 1.29 is 26.4 Å². The maximum Gasteiger partial charge on any atom is 0.416 e. The summed E-state index contributed by atoms with van der Waals surface area (Å²) in [6, 6.07) is 9.60. The summed E-state index contributed by atoms with van der Waals surface area (Å²) in [7, 11) is -3.73. The van der Waals surface area contributed by atoms with Gasteiger partial charge >= 0.3 is 6.18 Å². The molecule has 0 aromatic heterocycles. The number of amides is 1. The molecular formula is C19H21F3N2O3S. The number of anilines is 1. The zero-order valence-corrected chi connectivity index (χ0v) is 16.5. The molecule has 0 bridgehead atoms. The second-order valence-electron chi connectivity index (χ2n) is 6.51. The predicted molar refractivity (Wildman–Crippen MR) is 101 cm³/mol. The van der Waals surface area contributed by atoms with Gasteiger partial charge in [0.2, 0.25) is 15.9 Å². The number of nitrogens with zero attached hydrogens (tertiary/aromatic N) is 1. The molecule has 5 nitrogen and oxygen atoms in total. The summed E-state index contributed by atoms with van der Waals surface area (Å²) in [6.07, 6.45) is -3.49. The predicted octanol–water partition coefficient (Wildman–Crippen LogP) is 3.40. The minimum absolute atomic E-state index is 0.146. The molecule has 0 saturated carbocycles. The Bertz CT molecular complexity index is 973. The Morgan fingerprint density at radius 3 is 2.32 bits per heavy atom. The van der Waals surface area contributed by atoms with Gasteiger partial charge < -0.3 is 5.32 Å². The van der Waals surface area contributed by atoms with Crippen LogP contribution in [-0.2, 0) is 27.5 Å². The van der Waals surface area contributed by atoms with Crippen molar-refractivity contribution in [2.45, 2.75) is 26.6 Å². The van der Waals surface area contributed by atoms with E-state index in [-0.39, 0.29) is 12.1 Å². The van der Waals surface area contributed by atoms with E-state index in [4.69, 9.17) is 0 Å². The monoisotopic (exact) mass is 414 g/mol. The molecule has 0 spiro atoms. The lowest BCUT2D eigenvalue weighted by Crippen LogP contribution is -2.40. The number of hydrogen-bond donors (Lipinski definition) is 1. The Hall–Kier alpha value is -2.55. The summed E-state index contributed by atoms with van der Waals surface area (Å²) in [5, 5.41) is 2.46. The lowest BCUT2D eigenvalue weighted by Gasteiger charge is -2.22. The summed E-state index contributed by atoms with van der Waals surface area (Å²) in [6.45, 7) is 3.09. The Balaban J connectivity index is 2.12. The number of rotatable bonds is 6. The number of aryl methyl sites for hydroxylation is 2. The molecule has 0 aliphatic rings. The fourth-order valence-electron chi connectivity index (χ4n) is 2.53. The average Bonchev–Trinajstić information content (AvgIpc) is 2.59. The number of nitrogens with one attached hydrogen (secondary N) is 1. The van der Waals surface area contributed by atoms with Gasteiger partial charge in [-0.15, -0.1) is 0 Å². The lowest BCUT2D eigenvalue weighted by molar-refractivity contribution is -0.137. The van der Waals surface area contributed by atoms with E-state index in [0.29, 0.717) is 5.69 Å². The van der Waals surface area contributed by atoms with E-state index < -0.39 is 34.2 Å². The fourth-order valence-corrected chi connectivity index (χ4v) is 3.37. The fraction of sp³-hybridized carbons (Fsp3) is 0.316. The molecule has 152 valence electrons. The maximum absolute atomic E-state index is 12.8. The number of hydrogen-bond acceptors (Lipinski definition) is 3. The zero-order chi connectivity index (χ0) is 21.1. The Kier molecular flexibility index (Phi) is 6.38. The third-order valence-electron chi connectivity index (χ3n) is 4.21. The van der Waals surface area contributed by atoms with Gasteiger partial charge in [-0.25, -0.2) is 8.42 Å². The third kappa shape index (κ3) is 5.72. The number of alkyl halides is 3. The second-order valence-corrected chi connectivity index (χ2v) is 8.42. The normalized spacial score (nSPS) is 11.9. The number of sulfonamides is 1. The van der Waals surface area contributed by atoms with Crippen LogP contribution in [0.3, 0.4) is 0 Å². The average molecular weight is 414 g/mol. The van der Waals surface area contributed by atoms with Crippen molar-refractivity contribution in [1.82, 2.24) is 5.32 Å². The van der Waals surface area contributed by atoms with Gasteiger partial charge in [0.25, 0.3) is 0 Å². The SMILES string of the molecule is Cc1ccc(N(CC(=O)NCc2cccc(C(F)(F)F)c2)S(C)(=O)=O)cc1C. The van der Waals surface area contributed by atoms with Crippen molar-refractivity contribution in [3.8, 4) is 0 Å². The first kappa shape index (κ1) is 21.7. The first-order valence-electron chi connectivity index (χ1n) is 8.36. The molecule has 0 heterocycles. The summed E-state index contributed by atoms with van der Waals surface area (Å²) in [4.78, 5) is 12.2. The highest BCUT2D eigenvalue weighted by Gasteiger charge is 2.30. The van der Waals surface area contributed by atoms with Crippen LogP contribution in [0.1, 0.15) is 22.3 Å². The van der Waals surface area contributed by atoms with Crippen LogP contribution in [-0.4, -0.2) is 27.1 Å². The minimum Gasteiger partial charge on any atom is -0.350 e. The van der Waals surface area contributed by atoms with Crippen LogP contribution in [0.2, 0.25) is 0 Å².